The van der Waals surface area contributed by atoms with Gasteiger partial charge in [0.05, 0.1) is 6.54 Å². The number of hydrogen-bond donors (Lipinski definition) is 1. The molecule has 1 saturated heterocycles. The third kappa shape index (κ3) is 4.02. The number of carbonyl (C=O) groups is 1. The molecule has 1 N–H and O–H groups in total. The number of carbonyl (C=O) groups excluding carboxylic acids is 1. The second-order valence-corrected chi connectivity index (χ2v) is 7.68. The molecule has 1 aliphatic carbocycles. The predicted octanol–water partition coefficient (Wildman–Crippen LogP) is 2.11. The highest BCUT2D eigenvalue weighted by atomic mass is 16.6. The summed E-state index contributed by atoms with van der Waals surface area (Å²) in [5.74, 6) is 2.44. The molecular weight excluding hydrogens is 296 g/mol. The Morgan fingerprint density at radius 1 is 1.39 bits per heavy atom. The largest absolute Gasteiger partial charge is 0.444 e. The zero-order chi connectivity index (χ0) is 16.6. The smallest absolute Gasteiger partial charge is 0.407 e. The van der Waals surface area contributed by atoms with Crippen LogP contribution in [0.25, 0.3) is 0 Å². The SMILES string of the molecule is Cc1noc(CN2CC3CCC(NC(=O)OC(C)(C)C)C3C2)n1. The van der Waals surface area contributed by atoms with Crippen molar-refractivity contribution in [1.29, 1.82) is 0 Å². The lowest BCUT2D eigenvalue weighted by Gasteiger charge is -2.24. The number of amides is 1. The third-order valence-electron chi connectivity index (χ3n) is 4.56. The van der Waals surface area contributed by atoms with Gasteiger partial charge in [0.1, 0.15) is 5.60 Å². The first-order valence-electron chi connectivity index (χ1n) is 8.31. The number of nitrogens with one attached hydrogen (secondary N) is 1. The van der Waals surface area contributed by atoms with E-state index in [-0.39, 0.29) is 12.1 Å². The molecule has 1 aromatic rings. The van der Waals surface area contributed by atoms with Crippen molar-refractivity contribution in [2.75, 3.05) is 13.1 Å². The van der Waals surface area contributed by atoms with Crippen molar-refractivity contribution < 1.29 is 14.1 Å². The minimum Gasteiger partial charge on any atom is -0.444 e. The van der Waals surface area contributed by atoms with E-state index in [2.05, 4.69) is 20.4 Å². The molecule has 0 radical (unpaired) electrons. The Balaban J connectivity index is 1.53. The number of rotatable bonds is 3. The highest BCUT2D eigenvalue weighted by Crippen LogP contribution is 2.38. The molecule has 23 heavy (non-hydrogen) atoms. The highest BCUT2D eigenvalue weighted by molar-refractivity contribution is 5.68. The Bertz CT molecular complexity index is 566. The normalized spacial score (nSPS) is 27.9. The van der Waals surface area contributed by atoms with E-state index in [1.165, 1.54) is 0 Å². The molecule has 2 fully saturated rings. The van der Waals surface area contributed by atoms with Gasteiger partial charge in [0.25, 0.3) is 0 Å². The number of nitrogens with zero attached hydrogens (tertiary/aromatic N) is 3. The fourth-order valence-electron chi connectivity index (χ4n) is 3.72. The molecule has 3 unspecified atom stereocenters. The average molecular weight is 322 g/mol. The number of alkyl carbamates (subject to hydrolysis) is 1. The van der Waals surface area contributed by atoms with Crippen molar-refractivity contribution in [3.05, 3.63) is 11.7 Å². The first-order valence-corrected chi connectivity index (χ1v) is 8.31. The lowest BCUT2D eigenvalue weighted by molar-refractivity contribution is 0.0491. The summed E-state index contributed by atoms with van der Waals surface area (Å²) in [7, 11) is 0. The maximum absolute atomic E-state index is 12.0. The van der Waals surface area contributed by atoms with E-state index in [1.54, 1.807) is 0 Å². The van der Waals surface area contributed by atoms with Crippen LogP contribution in [-0.4, -0.2) is 45.9 Å². The predicted molar refractivity (Wildman–Crippen MR) is 83.7 cm³/mol. The van der Waals surface area contributed by atoms with Gasteiger partial charge >= 0.3 is 6.09 Å². The Morgan fingerprint density at radius 3 is 2.83 bits per heavy atom. The number of fused-ring (bicyclic) bond motifs is 1. The fourth-order valence-corrected chi connectivity index (χ4v) is 3.72. The number of aromatic nitrogens is 2. The van der Waals surface area contributed by atoms with Crippen LogP contribution in [0.3, 0.4) is 0 Å². The van der Waals surface area contributed by atoms with Crippen LogP contribution in [0.2, 0.25) is 0 Å². The first-order chi connectivity index (χ1) is 10.8. The minimum absolute atomic E-state index is 0.198. The molecule has 2 heterocycles. The van der Waals surface area contributed by atoms with Crippen LogP contribution in [0.15, 0.2) is 4.52 Å². The summed E-state index contributed by atoms with van der Waals surface area (Å²) in [4.78, 5) is 18.6. The number of likely N-dealkylation sites (tertiary alicyclic amines) is 1. The Labute approximate surface area is 136 Å². The molecule has 7 heteroatoms. The summed E-state index contributed by atoms with van der Waals surface area (Å²) in [6, 6.07) is 0.198. The van der Waals surface area contributed by atoms with Crippen molar-refractivity contribution in [2.45, 2.75) is 58.7 Å². The van der Waals surface area contributed by atoms with E-state index < -0.39 is 5.60 Å². The summed E-state index contributed by atoms with van der Waals surface area (Å²) in [5.41, 5.74) is -0.459. The lowest BCUT2D eigenvalue weighted by Crippen LogP contribution is -2.42. The summed E-state index contributed by atoms with van der Waals surface area (Å²) >= 11 is 0. The molecule has 2 aliphatic rings. The fraction of sp³-hybridized carbons (Fsp3) is 0.812. The van der Waals surface area contributed by atoms with Crippen molar-refractivity contribution in [2.24, 2.45) is 11.8 Å². The van der Waals surface area contributed by atoms with Gasteiger partial charge in [-0.25, -0.2) is 4.79 Å². The monoisotopic (exact) mass is 322 g/mol. The summed E-state index contributed by atoms with van der Waals surface area (Å²) in [6.07, 6.45) is 1.86. The number of hydrogen-bond acceptors (Lipinski definition) is 6. The number of ether oxygens (including phenoxy) is 1. The van der Waals surface area contributed by atoms with Crippen LogP contribution in [0.5, 0.6) is 0 Å². The Morgan fingerprint density at radius 2 is 2.17 bits per heavy atom. The Hall–Kier alpha value is -1.63. The highest BCUT2D eigenvalue weighted by Gasteiger charge is 2.43. The van der Waals surface area contributed by atoms with Crippen LogP contribution in [0.1, 0.15) is 45.3 Å². The molecule has 7 nitrogen and oxygen atoms in total. The van der Waals surface area contributed by atoms with Crippen LogP contribution >= 0.6 is 0 Å². The maximum atomic E-state index is 12.0. The molecule has 1 amide bonds. The molecule has 0 bridgehead atoms. The van der Waals surface area contributed by atoms with Gasteiger partial charge in [0, 0.05) is 19.1 Å². The quantitative estimate of drug-likeness (QED) is 0.918. The zero-order valence-corrected chi connectivity index (χ0v) is 14.3. The molecule has 1 aromatic heterocycles. The zero-order valence-electron chi connectivity index (χ0n) is 14.3. The summed E-state index contributed by atoms with van der Waals surface area (Å²) in [6.45, 7) is 10.1. The Kier molecular flexibility index (Phi) is 4.31. The van der Waals surface area contributed by atoms with E-state index in [1.807, 2.05) is 27.7 Å². The van der Waals surface area contributed by atoms with E-state index >= 15 is 0 Å². The topological polar surface area (TPSA) is 80.5 Å². The van der Waals surface area contributed by atoms with Gasteiger partial charge in [-0.3, -0.25) is 4.90 Å². The second-order valence-electron chi connectivity index (χ2n) is 7.68. The van der Waals surface area contributed by atoms with Crippen LogP contribution in [0.4, 0.5) is 4.79 Å². The minimum atomic E-state index is -0.459. The van der Waals surface area contributed by atoms with E-state index in [9.17, 15) is 4.79 Å². The molecular formula is C16H26N4O3. The molecule has 1 aliphatic heterocycles. The average Bonchev–Trinajstić information content (AvgIpc) is 3.06. The van der Waals surface area contributed by atoms with Gasteiger partial charge in [0.15, 0.2) is 5.82 Å². The molecule has 3 atom stereocenters. The maximum Gasteiger partial charge on any atom is 0.407 e. The standard InChI is InChI=1S/C16H26N4O3/c1-10-17-14(23-19-10)9-20-7-11-5-6-13(12(11)8-20)18-15(21)22-16(2,3)4/h11-13H,5-9H2,1-4H3,(H,18,21). The molecule has 3 rings (SSSR count). The van der Waals surface area contributed by atoms with Crippen LogP contribution in [-0.2, 0) is 11.3 Å². The second kappa shape index (κ2) is 6.11. The van der Waals surface area contributed by atoms with Crippen molar-refractivity contribution in [1.82, 2.24) is 20.4 Å². The van der Waals surface area contributed by atoms with E-state index in [0.29, 0.717) is 30.1 Å². The van der Waals surface area contributed by atoms with Crippen molar-refractivity contribution in [3.63, 3.8) is 0 Å². The van der Waals surface area contributed by atoms with Crippen molar-refractivity contribution >= 4 is 6.09 Å². The molecule has 0 aromatic carbocycles. The molecule has 128 valence electrons. The summed E-state index contributed by atoms with van der Waals surface area (Å²) < 4.78 is 10.6. The van der Waals surface area contributed by atoms with Gasteiger partial charge in [-0.1, -0.05) is 5.16 Å². The molecule has 0 spiro atoms. The van der Waals surface area contributed by atoms with Gasteiger partial charge in [0.2, 0.25) is 5.89 Å². The summed E-state index contributed by atoms with van der Waals surface area (Å²) in [5, 5.41) is 6.89. The van der Waals surface area contributed by atoms with Gasteiger partial charge in [-0.2, -0.15) is 4.98 Å². The first kappa shape index (κ1) is 16.2. The third-order valence-corrected chi connectivity index (χ3v) is 4.56. The van der Waals surface area contributed by atoms with Gasteiger partial charge < -0.3 is 14.6 Å². The van der Waals surface area contributed by atoms with Crippen molar-refractivity contribution in [3.8, 4) is 0 Å². The van der Waals surface area contributed by atoms with E-state index in [0.717, 1.165) is 25.9 Å². The van der Waals surface area contributed by atoms with Gasteiger partial charge in [-0.15, -0.1) is 0 Å². The van der Waals surface area contributed by atoms with Crippen LogP contribution in [0, 0.1) is 18.8 Å². The molecule has 1 saturated carbocycles. The van der Waals surface area contributed by atoms with Crippen LogP contribution < -0.4 is 5.32 Å². The number of aryl methyl sites for hydroxylation is 1. The van der Waals surface area contributed by atoms with Gasteiger partial charge in [-0.05, 0) is 52.4 Å². The lowest BCUT2D eigenvalue weighted by atomic mass is 9.98. The van der Waals surface area contributed by atoms with E-state index in [4.69, 9.17) is 9.26 Å².